The number of hydrogen-bond donors (Lipinski definition) is 0. The molecular weight excluding hydrogens is 691 g/mol. The van der Waals surface area contributed by atoms with Crippen LogP contribution in [0.15, 0.2) is 185 Å². The van der Waals surface area contributed by atoms with Crippen LogP contribution in [0.2, 0.25) is 0 Å². The molecule has 11 aromatic rings. The highest BCUT2D eigenvalue weighted by molar-refractivity contribution is 6.13. The van der Waals surface area contributed by atoms with Crippen LogP contribution >= 0.6 is 0 Å². The number of fused-ring (bicyclic) bond motifs is 6. The van der Waals surface area contributed by atoms with Gasteiger partial charge in [0, 0.05) is 44.0 Å². The summed E-state index contributed by atoms with van der Waals surface area (Å²) in [4.78, 5) is 25.1. The van der Waals surface area contributed by atoms with Crippen LogP contribution in [0.5, 0.6) is 0 Å². The molecule has 0 aliphatic heterocycles. The van der Waals surface area contributed by atoms with Crippen LogP contribution in [-0.2, 0) is 0 Å². The van der Waals surface area contributed by atoms with Gasteiger partial charge in [-0.05, 0) is 41.5 Å². The van der Waals surface area contributed by atoms with Crippen LogP contribution in [0.25, 0.3) is 112 Å². The van der Waals surface area contributed by atoms with Gasteiger partial charge in [0.15, 0.2) is 28.9 Å². The Hall–Kier alpha value is -7.77. The van der Waals surface area contributed by atoms with Crippen molar-refractivity contribution in [2.45, 2.75) is 0 Å². The zero-order valence-electron chi connectivity index (χ0n) is 29.8. The molecule has 0 N–H and O–H groups in total. The van der Waals surface area contributed by atoms with Crippen LogP contribution in [0.1, 0.15) is 0 Å². The summed E-state index contributed by atoms with van der Waals surface area (Å²) in [6.07, 6.45) is 0. The quantitative estimate of drug-likeness (QED) is 0.169. The molecule has 0 atom stereocenters. The number of para-hydroxylation sites is 1. The maximum absolute atomic E-state index is 6.42. The molecule has 0 spiro atoms. The molecule has 7 aromatic carbocycles. The minimum Gasteiger partial charge on any atom is -0.456 e. The van der Waals surface area contributed by atoms with Crippen LogP contribution in [0.3, 0.4) is 0 Å². The molecule has 0 aliphatic rings. The third-order valence-corrected chi connectivity index (χ3v) is 10.2. The first-order valence-electron chi connectivity index (χ1n) is 18.4. The summed E-state index contributed by atoms with van der Waals surface area (Å²) in [5.41, 5.74) is 11.3. The lowest BCUT2D eigenvalue weighted by atomic mass is 9.99. The Morgan fingerprint density at radius 1 is 0.321 bits per heavy atom. The van der Waals surface area contributed by atoms with Gasteiger partial charge < -0.3 is 8.83 Å². The van der Waals surface area contributed by atoms with Gasteiger partial charge in [0.25, 0.3) is 0 Å². The summed E-state index contributed by atoms with van der Waals surface area (Å²) in [7, 11) is 0. The number of nitrogens with zero attached hydrogens (tertiary/aromatic N) is 5. The fourth-order valence-corrected chi connectivity index (χ4v) is 7.45. The summed E-state index contributed by atoms with van der Waals surface area (Å²) >= 11 is 0. The van der Waals surface area contributed by atoms with Crippen LogP contribution in [-0.4, -0.2) is 24.9 Å². The monoisotopic (exact) mass is 719 g/mol. The number of hydrogen-bond acceptors (Lipinski definition) is 7. The van der Waals surface area contributed by atoms with E-state index in [9.17, 15) is 0 Å². The molecule has 56 heavy (non-hydrogen) atoms. The molecule has 7 nitrogen and oxygen atoms in total. The minimum atomic E-state index is 0.581. The lowest BCUT2D eigenvalue weighted by Crippen LogP contribution is -2.00. The standard InChI is InChI=1S/C49H29N5O2/c1-4-13-31(14-5-1)43-45-44(36-19-10-11-21-39(36)56-45)51-46(50-43)34-25-23-30(24-26-34)35-27-28-40-38(29-35)42-37(20-12-22-41(42)55-40)49-53-47(32-15-6-2-7-16-32)52-48(54-49)33-17-8-3-9-18-33/h1-29H. The highest BCUT2D eigenvalue weighted by Gasteiger charge is 2.20. The van der Waals surface area contributed by atoms with Gasteiger partial charge in [0.05, 0.1) is 0 Å². The molecule has 0 amide bonds. The van der Waals surface area contributed by atoms with Crippen LogP contribution in [0, 0.1) is 0 Å². The van der Waals surface area contributed by atoms with E-state index in [0.29, 0.717) is 28.9 Å². The van der Waals surface area contributed by atoms with E-state index in [1.807, 2.05) is 133 Å². The van der Waals surface area contributed by atoms with Crippen molar-refractivity contribution in [2.75, 3.05) is 0 Å². The van der Waals surface area contributed by atoms with Crippen molar-refractivity contribution in [1.29, 1.82) is 0 Å². The van der Waals surface area contributed by atoms with Gasteiger partial charge in [0.2, 0.25) is 0 Å². The number of furan rings is 2. The van der Waals surface area contributed by atoms with Gasteiger partial charge >= 0.3 is 0 Å². The number of rotatable bonds is 6. The first-order valence-corrected chi connectivity index (χ1v) is 18.4. The van der Waals surface area contributed by atoms with Crippen LogP contribution < -0.4 is 0 Å². The van der Waals surface area contributed by atoms with Gasteiger partial charge in [-0.2, -0.15) is 0 Å². The predicted molar refractivity (Wildman–Crippen MR) is 223 cm³/mol. The summed E-state index contributed by atoms with van der Waals surface area (Å²) in [5.74, 6) is 2.44. The van der Waals surface area contributed by atoms with Crippen molar-refractivity contribution in [2.24, 2.45) is 0 Å². The van der Waals surface area contributed by atoms with Crippen molar-refractivity contribution in [3.8, 4) is 67.9 Å². The SMILES string of the molecule is c1ccc(-c2nc(-c3ccccc3)nc(-c3cccc4oc5ccc(-c6ccc(-c7nc(-c8ccccc8)c8oc9ccccc9c8n7)cc6)cc5c34)n2)cc1. The predicted octanol–water partition coefficient (Wildman–Crippen LogP) is 12.5. The molecule has 7 heteroatoms. The second kappa shape index (κ2) is 13.0. The van der Waals surface area contributed by atoms with Gasteiger partial charge in [0.1, 0.15) is 28.0 Å². The first kappa shape index (κ1) is 31.7. The van der Waals surface area contributed by atoms with E-state index in [4.69, 9.17) is 33.8 Å². The third-order valence-electron chi connectivity index (χ3n) is 10.2. The molecule has 0 bridgehead atoms. The average Bonchev–Trinajstić information content (AvgIpc) is 3.85. The summed E-state index contributed by atoms with van der Waals surface area (Å²) < 4.78 is 12.7. The fraction of sp³-hybridized carbons (Fsp3) is 0. The largest absolute Gasteiger partial charge is 0.456 e. The van der Waals surface area contributed by atoms with Crippen molar-refractivity contribution < 1.29 is 8.83 Å². The van der Waals surface area contributed by atoms with Gasteiger partial charge in [-0.3, -0.25) is 0 Å². The van der Waals surface area contributed by atoms with E-state index >= 15 is 0 Å². The fourth-order valence-electron chi connectivity index (χ4n) is 7.45. The van der Waals surface area contributed by atoms with Crippen molar-refractivity contribution in [1.82, 2.24) is 24.9 Å². The summed E-state index contributed by atoms with van der Waals surface area (Å²) in [6, 6.07) is 58.9. The Morgan fingerprint density at radius 3 is 1.57 bits per heavy atom. The van der Waals surface area contributed by atoms with E-state index in [2.05, 4.69) is 42.5 Å². The Balaban J connectivity index is 1.02. The minimum absolute atomic E-state index is 0.581. The number of aromatic nitrogens is 5. The van der Waals surface area contributed by atoms with E-state index in [0.717, 1.165) is 83.1 Å². The maximum atomic E-state index is 6.42. The van der Waals surface area contributed by atoms with E-state index < -0.39 is 0 Å². The zero-order chi connectivity index (χ0) is 37.0. The van der Waals surface area contributed by atoms with Crippen molar-refractivity contribution in [3.05, 3.63) is 176 Å². The molecule has 0 unspecified atom stereocenters. The molecule has 11 rings (SSSR count). The van der Waals surface area contributed by atoms with E-state index in [1.54, 1.807) is 0 Å². The van der Waals surface area contributed by atoms with Crippen LogP contribution in [0.4, 0.5) is 0 Å². The normalized spacial score (nSPS) is 11.6. The Kier molecular flexibility index (Phi) is 7.35. The average molecular weight is 720 g/mol. The first-order chi connectivity index (χ1) is 27.7. The maximum Gasteiger partial charge on any atom is 0.180 e. The van der Waals surface area contributed by atoms with Gasteiger partial charge in [-0.25, -0.2) is 24.9 Å². The second-order valence-electron chi connectivity index (χ2n) is 13.6. The molecule has 262 valence electrons. The van der Waals surface area contributed by atoms with Crippen molar-refractivity contribution in [3.63, 3.8) is 0 Å². The molecule has 0 radical (unpaired) electrons. The van der Waals surface area contributed by atoms with E-state index in [1.165, 1.54) is 0 Å². The van der Waals surface area contributed by atoms with Crippen molar-refractivity contribution >= 4 is 44.0 Å². The Labute approximate surface area is 320 Å². The molecule has 0 saturated heterocycles. The molecule has 0 saturated carbocycles. The molecule has 0 fully saturated rings. The summed E-state index contributed by atoms with van der Waals surface area (Å²) in [6.45, 7) is 0. The lowest BCUT2D eigenvalue weighted by molar-refractivity contribution is 0.667. The lowest BCUT2D eigenvalue weighted by Gasteiger charge is -2.09. The molecule has 0 aliphatic carbocycles. The summed E-state index contributed by atoms with van der Waals surface area (Å²) in [5, 5.41) is 2.89. The zero-order valence-corrected chi connectivity index (χ0v) is 29.8. The second-order valence-corrected chi connectivity index (χ2v) is 13.6. The Morgan fingerprint density at radius 2 is 0.857 bits per heavy atom. The number of benzene rings is 7. The molecule has 4 heterocycles. The smallest absolute Gasteiger partial charge is 0.180 e. The highest BCUT2D eigenvalue weighted by atomic mass is 16.3. The molecule has 4 aromatic heterocycles. The third kappa shape index (κ3) is 5.41. The van der Waals surface area contributed by atoms with Gasteiger partial charge in [-0.15, -0.1) is 0 Å². The molecular formula is C49H29N5O2. The topological polar surface area (TPSA) is 90.7 Å². The van der Waals surface area contributed by atoms with E-state index in [-0.39, 0.29) is 0 Å². The van der Waals surface area contributed by atoms with Gasteiger partial charge in [-0.1, -0.05) is 146 Å². The highest BCUT2D eigenvalue weighted by Crippen LogP contribution is 2.39. The Bertz CT molecular complexity index is 3170.